The minimum atomic E-state index is -4.81. The number of hydrogen-bond acceptors (Lipinski definition) is 2. The Bertz CT molecular complexity index is 474. The van der Waals surface area contributed by atoms with E-state index in [-0.39, 0.29) is 12.0 Å². The monoisotopic (exact) mass is 293 g/mol. The highest BCUT2D eigenvalue weighted by Crippen LogP contribution is 2.33. The van der Waals surface area contributed by atoms with Crippen LogP contribution in [0.25, 0.3) is 0 Å². The van der Waals surface area contributed by atoms with Crippen LogP contribution in [0, 0.1) is 5.82 Å². The molecule has 112 valence electrons. The maximum atomic E-state index is 13.2. The van der Waals surface area contributed by atoms with E-state index < -0.39 is 29.6 Å². The molecule has 0 spiro atoms. The summed E-state index contributed by atoms with van der Waals surface area (Å²) in [5.41, 5.74) is -1.28. The van der Waals surface area contributed by atoms with E-state index in [0.717, 1.165) is 0 Å². The molecule has 0 aliphatic rings. The van der Waals surface area contributed by atoms with Crippen molar-refractivity contribution in [1.82, 2.24) is 5.32 Å². The van der Waals surface area contributed by atoms with Crippen molar-refractivity contribution >= 4 is 5.97 Å². The van der Waals surface area contributed by atoms with Crippen molar-refractivity contribution in [2.45, 2.75) is 32.0 Å². The van der Waals surface area contributed by atoms with Gasteiger partial charge in [-0.2, -0.15) is 13.2 Å². The molecule has 1 aromatic carbocycles. The van der Waals surface area contributed by atoms with E-state index in [0.29, 0.717) is 25.1 Å². The van der Waals surface area contributed by atoms with Gasteiger partial charge in [-0.15, -0.1) is 0 Å². The molecule has 0 heterocycles. The standard InChI is InChI=1S/C13H15F4NO2/c1-2-5-18-11(7-12(19)20)8-3-4-10(14)9(6-8)13(15,16)17/h3-4,6,11,18H,2,5,7H2,1H3,(H,19,20). The van der Waals surface area contributed by atoms with Gasteiger partial charge < -0.3 is 10.4 Å². The number of hydrogen-bond donors (Lipinski definition) is 2. The number of rotatable bonds is 6. The fourth-order valence-corrected chi connectivity index (χ4v) is 1.78. The molecule has 0 aliphatic heterocycles. The van der Waals surface area contributed by atoms with Crippen molar-refractivity contribution in [2.75, 3.05) is 6.54 Å². The third kappa shape index (κ3) is 4.48. The Balaban J connectivity index is 3.10. The number of carboxylic acid groups (broad SMARTS) is 1. The summed E-state index contributed by atoms with van der Waals surface area (Å²) in [7, 11) is 0. The molecule has 1 atom stereocenters. The lowest BCUT2D eigenvalue weighted by atomic mass is 10.0. The van der Waals surface area contributed by atoms with E-state index in [9.17, 15) is 22.4 Å². The Labute approximate surface area is 113 Å². The minimum absolute atomic E-state index is 0.106. The number of halogens is 4. The normalized spacial score (nSPS) is 13.2. The van der Waals surface area contributed by atoms with Gasteiger partial charge in [0.1, 0.15) is 5.82 Å². The summed E-state index contributed by atoms with van der Waals surface area (Å²) in [6.45, 7) is 2.30. The molecule has 0 saturated carbocycles. The van der Waals surface area contributed by atoms with Gasteiger partial charge in [-0.1, -0.05) is 13.0 Å². The van der Waals surface area contributed by atoms with Crippen molar-refractivity contribution in [1.29, 1.82) is 0 Å². The zero-order chi connectivity index (χ0) is 15.3. The Morgan fingerprint density at radius 3 is 2.55 bits per heavy atom. The lowest BCUT2D eigenvalue weighted by Gasteiger charge is -2.19. The molecule has 0 radical (unpaired) electrons. The van der Waals surface area contributed by atoms with Crippen molar-refractivity contribution in [3.05, 3.63) is 35.1 Å². The van der Waals surface area contributed by atoms with E-state index in [1.165, 1.54) is 6.07 Å². The molecule has 1 aromatic rings. The quantitative estimate of drug-likeness (QED) is 0.791. The highest BCUT2D eigenvalue weighted by atomic mass is 19.4. The maximum absolute atomic E-state index is 13.2. The smallest absolute Gasteiger partial charge is 0.419 e. The van der Waals surface area contributed by atoms with Crippen LogP contribution in [0.3, 0.4) is 0 Å². The second-order valence-corrected chi connectivity index (χ2v) is 4.34. The molecule has 20 heavy (non-hydrogen) atoms. The Morgan fingerprint density at radius 1 is 1.40 bits per heavy atom. The van der Waals surface area contributed by atoms with Crippen molar-refractivity contribution in [3.63, 3.8) is 0 Å². The number of benzene rings is 1. The van der Waals surface area contributed by atoms with Gasteiger partial charge in [0, 0.05) is 6.04 Å². The topological polar surface area (TPSA) is 49.3 Å². The average molecular weight is 293 g/mol. The van der Waals surface area contributed by atoms with E-state index in [1.807, 2.05) is 6.92 Å². The van der Waals surface area contributed by atoms with E-state index in [1.54, 1.807) is 0 Å². The van der Waals surface area contributed by atoms with Gasteiger partial charge in [0.15, 0.2) is 0 Å². The van der Waals surface area contributed by atoms with Gasteiger partial charge in [-0.25, -0.2) is 4.39 Å². The molecular formula is C13H15F4NO2. The van der Waals surface area contributed by atoms with E-state index in [2.05, 4.69) is 5.32 Å². The fraction of sp³-hybridized carbons (Fsp3) is 0.462. The van der Waals surface area contributed by atoms with Gasteiger partial charge in [0.2, 0.25) is 0 Å². The second kappa shape index (κ2) is 6.69. The summed E-state index contributed by atoms with van der Waals surface area (Å²) in [5, 5.41) is 11.6. The van der Waals surface area contributed by atoms with Crippen LogP contribution in [0.4, 0.5) is 17.6 Å². The Morgan fingerprint density at radius 2 is 2.05 bits per heavy atom. The van der Waals surface area contributed by atoms with Gasteiger partial charge in [0.25, 0.3) is 0 Å². The van der Waals surface area contributed by atoms with Crippen LogP contribution in [0.5, 0.6) is 0 Å². The minimum Gasteiger partial charge on any atom is -0.481 e. The summed E-state index contributed by atoms with van der Waals surface area (Å²) in [5.74, 6) is -2.51. The first kappa shape index (κ1) is 16.4. The third-order valence-electron chi connectivity index (χ3n) is 2.72. The summed E-state index contributed by atoms with van der Waals surface area (Å²) in [4.78, 5) is 10.8. The molecule has 0 fully saturated rings. The largest absolute Gasteiger partial charge is 0.481 e. The molecule has 0 aromatic heterocycles. The van der Waals surface area contributed by atoms with Crippen LogP contribution in [-0.2, 0) is 11.0 Å². The lowest BCUT2D eigenvalue weighted by molar-refractivity contribution is -0.140. The Kier molecular flexibility index (Phi) is 5.50. The van der Waals surface area contributed by atoms with Crippen LogP contribution >= 0.6 is 0 Å². The fourth-order valence-electron chi connectivity index (χ4n) is 1.78. The zero-order valence-corrected chi connectivity index (χ0v) is 10.8. The molecule has 1 rings (SSSR count). The first-order valence-electron chi connectivity index (χ1n) is 6.07. The molecule has 2 N–H and O–H groups in total. The number of aliphatic carboxylic acids is 1. The molecule has 0 saturated heterocycles. The van der Waals surface area contributed by atoms with Crippen LogP contribution in [0.2, 0.25) is 0 Å². The first-order valence-corrected chi connectivity index (χ1v) is 6.07. The number of carbonyl (C=O) groups is 1. The molecule has 0 aliphatic carbocycles. The summed E-state index contributed by atoms with van der Waals surface area (Å²) < 4.78 is 51.1. The number of alkyl halides is 3. The average Bonchev–Trinajstić information content (AvgIpc) is 2.33. The van der Waals surface area contributed by atoms with Gasteiger partial charge in [0.05, 0.1) is 12.0 Å². The predicted molar refractivity (Wildman–Crippen MR) is 64.7 cm³/mol. The molecule has 1 unspecified atom stereocenters. The van der Waals surface area contributed by atoms with Crippen LogP contribution in [0.15, 0.2) is 18.2 Å². The van der Waals surface area contributed by atoms with Crippen LogP contribution < -0.4 is 5.32 Å². The highest BCUT2D eigenvalue weighted by molar-refractivity contribution is 5.68. The zero-order valence-electron chi connectivity index (χ0n) is 10.8. The molecule has 0 bridgehead atoms. The summed E-state index contributed by atoms with van der Waals surface area (Å²) in [6, 6.07) is 1.75. The second-order valence-electron chi connectivity index (χ2n) is 4.34. The molecular weight excluding hydrogens is 278 g/mol. The van der Waals surface area contributed by atoms with Gasteiger partial charge in [-0.3, -0.25) is 4.79 Å². The van der Waals surface area contributed by atoms with Crippen LogP contribution in [0.1, 0.15) is 36.9 Å². The highest BCUT2D eigenvalue weighted by Gasteiger charge is 2.34. The summed E-state index contributed by atoms with van der Waals surface area (Å²) in [6.07, 6.45) is -4.48. The van der Waals surface area contributed by atoms with E-state index in [4.69, 9.17) is 5.11 Å². The number of nitrogens with one attached hydrogen (secondary N) is 1. The van der Waals surface area contributed by atoms with E-state index >= 15 is 0 Å². The predicted octanol–water partition coefficient (Wildman–Crippen LogP) is 3.36. The summed E-state index contributed by atoms with van der Waals surface area (Å²) >= 11 is 0. The molecule has 0 amide bonds. The third-order valence-corrected chi connectivity index (χ3v) is 2.72. The van der Waals surface area contributed by atoms with Crippen molar-refractivity contribution in [3.8, 4) is 0 Å². The van der Waals surface area contributed by atoms with Gasteiger partial charge >= 0.3 is 12.1 Å². The van der Waals surface area contributed by atoms with Gasteiger partial charge in [-0.05, 0) is 30.7 Å². The SMILES string of the molecule is CCCNC(CC(=O)O)c1ccc(F)c(C(F)(F)F)c1. The first-order chi connectivity index (χ1) is 9.25. The van der Waals surface area contributed by atoms with Crippen LogP contribution in [-0.4, -0.2) is 17.6 Å². The molecule has 3 nitrogen and oxygen atoms in total. The molecule has 7 heteroatoms. The van der Waals surface area contributed by atoms with Crippen molar-refractivity contribution in [2.24, 2.45) is 0 Å². The lowest BCUT2D eigenvalue weighted by Crippen LogP contribution is -2.25. The van der Waals surface area contributed by atoms with Crippen molar-refractivity contribution < 1.29 is 27.5 Å². The Hall–Kier alpha value is -1.63. The number of carboxylic acids is 1. The maximum Gasteiger partial charge on any atom is 0.419 e.